The molecular formula is C19H39NO5S. The van der Waals surface area contributed by atoms with E-state index in [-0.39, 0.29) is 12.3 Å². The third-order valence-electron chi connectivity index (χ3n) is 4.23. The van der Waals surface area contributed by atoms with Gasteiger partial charge in [0.2, 0.25) is 0 Å². The van der Waals surface area contributed by atoms with Crippen LogP contribution in [0.25, 0.3) is 0 Å². The summed E-state index contributed by atoms with van der Waals surface area (Å²) in [5.41, 5.74) is -0.576. The van der Waals surface area contributed by atoms with Crippen LogP contribution in [0.2, 0.25) is 0 Å². The van der Waals surface area contributed by atoms with E-state index in [9.17, 15) is 18.3 Å². The Morgan fingerprint density at radius 3 is 2.04 bits per heavy atom. The Balaban J connectivity index is 3.80. The van der Waals surface area contributed by atoms with Crippen molar-refractivity contribution in [3.63, 3.8) is 0 Å². The van der Waals surface area contributed by atoms with E-state index in [1.165, 1.54) is 44.9 Å². The van der Waals surface area contributed by atoms with E-state index in [2.05, 4.69) is 12.2 Å². The zero-order chi connectivity index (χ0) is 20.1. The van der Waals surface area contributed by atoms with Crippen LogP contribution in [-0.2, 0) is 14.6 Å². The molecule has 0 aromatic heterocycles. The van der Waals surface area contributed by atoms with Gasteiger partial charge in [-0.3, -0.25) is 0 Å². The molecule has 1 atom stereocenters. The van der Waals surface area contributed by atoms with Crippen LogP contribution in [0.3, 0.4) is 0 Å². The third kappa shape index (κ3) is 16.6. The Labute approximate surface area is 160 Å². The summed E-state index contributed by atoms with van der Waals surface area (Å²) in [5.74, 6) is -0.380. The Kier molecular flexibility index (Phi) is 12.9. The summed E-state index contributed by atoms with van der Waals surface area (Å²) in [7, 11) is -3.28. The first kappa shape index (κ1) is 25.2. The van der Waals surface area contributed by atoms with Crippen LogP contribution in [0.15, 0.2) is 0 Å². The number of alkyl carbamates (subject to hydrolysis) is 1. The summed E-state index contributed by atoms with van der Waals surface area (Å²) in [6.45, 7) is 5.82. The molecule has 0 fully saturated rings. The minimum absolute atomic E-state index is 0.139. The predicted molar refractivity (Wildman–Crippen MR) is 106 cm³/mol. The standard InChI is InChI=1S/C19H39NO5S/c1-5-6-7-8-9-10-11-12-13-14-19(2,3)25-18(22)20-15-17(21)16-26(4,23)24/h17,21H,5-16H2,1-4H3,(H,20,22). The summed E-state index contributed by atoms with van der Waals surface area (Å²) in [5, 5.41) is 12.0. The Hall–Kier alpha value is -0.820. The fourth-order valence-electron chi connectivity index (χ4n) is 2.81. The number of aliphatic hydroxyl groups is 1. The smallest absolute Gasteiger partial charge is 0.407 e. The van der Waals surface area contributed by atoms with Crippen LogP contribution < -0.4 is 5.32 Å². The number of carbonyl (C=O) groups excluding carboxylic acids is 1. The van der Waals surface area contributed by atoms with Gasteiger partial charge in [-0.2, -0.15) is 0 Å². The molecular weight excluding hydrogens is 354 g/mol. The lowest BCUT2D eigenvalue weighted by Crippen LogP contribution is -2.39. The normalized spacial score (nSPS) is 13.4. The highest BCUT2D eigenvalue weighted by Gasteiger charge is 2.23. The van der Waals surface area contributed by atoms with Crippen molar-refractivity contribution in [2.24, 2.45) is 0 Å². The molecule has 0 aliphatic carbocycles. The maximum Gasteiger partial charge on any atom is 0.407 e. The molecule has 0 aromatic rings. The van der Waals surface area contributed by atoms with Crippen molar-refractivity contribution in [1.29, 1.82) is 0 Å². The van der Waals surface area contributed by atoms with Gasteiger partial charge in [-0.15, -0.1) is 0 Å². The minimum Gasteiger partial charge on any atom is -0.444 e. The second-order valence-electron chi connectivity index (χ2n) is 7.85. The van der Waals surface area contributed by atoms with Gasteiger partial charge < -0.3 is 15.2 Å². The molecule has 0 saturated heterocycles. The number of aliphatic hydroxyl groups excluding tert-OH is 1. The van der Waals surface area contributed by atoms with Gasteiger partial charge in [0.05, 0.1) is 11.9 Å². The largest absolute Gasteiger partial charge is 0.444 e. The summed E-state index contributed by atoms with van der Waals surface area (Å²) >= 11 is 0. The van der Waals surface area contributed by atoms with Crippen LogP contribution in [-0.4, -0.2) is 49.9 Å². The number of unbranched alkanes of at least 4 members (excludes halogenated alkanes) is 8. The number of sulfone groups is 1. The summed E-state index contributed by atoms with van der Waals surface area (Å²) in [6.07, 6.45) is 11.3. The van der Waals surface area contributed by atoms with E-state index in [1.54, 1.807) is 0 Å². The monoisotopic (exact) mass is 393 g/mol. The topological polar surface area (TPSA) is 92.7 Å². The van der Waals surface area contributed by atoms with Gasteiger partial charge in [0.15, 0.2) is 0 Å². The Morgan fingerprint density at radius 1 is 1.04 bits per heavy atom. The number of amides is 1. The van der Waals surface area contributed by atoms with Gasteiger partial charge in [-0.1, -0.05) is 58.3 Å². The molecule has 2 N–H and O–H groups in total. The van der Waals surface area contributed by atoms with Gasteiger partial charge >= 0.3 is 6.09 Å². The van der Waals surface area contributed by atoms with Gasteiger partial charge in [0.1, 0.15) is 15.4 Å². The number of nitrogens with one attached hydrogen (secondary N) is 1. The molecule has 0 bridgehead atoms. The number of rotatable bonds is 15. The lowest BCUT2D eigenvalue weighted by molar-refractivity contribution is 0.0288. The number of hydrogen-bond donors (Lipinski definition) is 2. The van der Waals surface area contributed by atoms with Crippen LogP contribution in [0, 0.1) is 0 Å². The lowest BCUT2D eigenvalue weighted by Gasteiger charge is -2.25. The Morgan fingerprint density at radius 2 is 1.54 bits per heavy atom. The van der Waals surface area contributed by atoms with Crippen LogP contribution in [0.4, 0.5) is 4.79 Å². The zero-order valence-electron chi connectivity index (χ0n) is 17.1. The molecule has 26 heavy (non-hydrogen) atoms. The predicted octanol–water partition coefficient (Wildman–Crippen LogP) is 3.82. The van der Waals surface area contributed by atoms with Crippen molar-refractivity contribution >= 4 is 15.9 Å². The van der Waals surface area contributed by atoms with Gasteiger partial charge in [0.25, 0.3) is 0 Å². The maximum atomic E-state index is 11.8. The van der Waals surface area contributed by atoms with E-state index in [0.717, 1.165) is 25.5 Å². The van der Waals surface area contributed by atoms with E-state index >= 15 is 0 Å². The highest BCUT2D eigenvalue weighted by molar-refractivity contribution is 7.90. The fraction of sp³-hybridized carbons (Fsp3) is 0.947. The average Bonchev–Trinajstić information content (AvgIpc) is 2.49. The van der Waals surface area contributed by atoms with Crippen molar-refractivity contribution in [3.05, 3.63) is 0 Å². The average molecular weight is 394 g/mol. The molecule has 0 aliphatic heterocycles. The van der Waals surface area contributed by atoms with Crippen molar-refractivity contribution in [3.8, 4) is 0 Å². The third-order valence-corrected chi connectivity index (χ3v) is 5.22. The molecule has 0 aliphatic rings. The SMILES string of the molecule is CCCCCCCCCCCC(C)(C)OC(=O)NCC(O)CS(C)(=O)=O. The van der Waals surface area contributed by atoms with E-state index in [1.807, 2.05) is 13.8 Å². The van der Waals surface area contributed by atoms with Crippen LogP contribution in [0.1, 0.15) is 85.0 Å². The van der Waals surface area contributed by atoms with Gasteiger partial charge in [-0.25, -0.2) is 13.2 Å². The maximum absolute atomic E-state index is 11.8. The highest BCUT2D eigenvalue weighted by Crippen LogP contribution is 2.20. The van der Waals surface area contributed by atoms with E-state index in [4.69, 9.17) is 4.74 Å². The minimum atomic E-state index is -3.28. The van der Waals surface area contributed by atoms with Crippen molar-refractivity contribution in [1.82, 2.24) is 5.32 Å². The molecule has 0 heterocycles. The number of carbonyl (C=O) groups is 1. The van der Waals surface area contributed by atoms with Crippen LogP contribution >= 0.6 is 0 Å². The highest BCUT2D eigenvalue weighted by atomic mass is 32.2. The second kappa shape index (κ2) is 13.4. The summed E-state index contributed by atoms with van der Waals surface area (Å²) in [4.78, 5) is 11.8. The van der Waals surface area contributed by atoms with Crippen molar-refractivity contribution in [2.45, 2.75) is 96.7 Å². The first-order chi connectivity index (χ1) is 12.1. The molecule has 1 amide bonds. The molecule has 1 unspecified atom stereocenters. The summed E-state index contributed by atoms with van der Waals surface area (Å²) in [6, 6.07) is 0. The van der Waals surface area contributed by atoms with E-state index in [0.29, 0.717) is 0 Å². The Bertz CT molecular complexity index is 476. The molecule has 0 aromatic carbocycles. The summed E-state index contributed by atoms with van der Waals surface area (Å²) < 4.78 is 27.5. The fourth-order valence-corrected chi connectivity index (χ4v) is 3.63. The van der Waals surface area contributed by atoms with Crippen molar-refractivity contribution < 1.29 is 23.1 Å². The molecule has 0 saturated carbocycles. The van der Waals surface area contributed by atoms with Crippen LogP contribution in [0.5, 0.6) is 0 Å². The quantitative estimate of drug-likeness (QED) is 0.413. The number of ether oxygens (including phenoxy) is 1. The van der Waals surface area contributed by atoms with Crippen molar-refractivity contribution in [2.75, 3.05) is 18.6 Å². The van der Waals surface area contributed by atoms with Gasteiger partial charge in [0, 0.05) is 12.8 Å². The second-order valence-corrected chi connectivity index (χ2v) is 10.0. The first-order valence-electron chi connectivity index (χ1n) is 9.88. The molecule has 0 rings (SSSR count). The molecule has 0 spiro atoms. The van der Waals surface area contributed by atoms with E-state index < -0.39 is 27.6 Å². The van der Waals surface area contributed by atoms with Gasteiger partial charge in [-0.05, 0) is 26.7 Å². The molecule has 6 nitrogen and oxygen atoms in total. The molecule has 156 valence electrons. The first-order valence-corrected chi connectivity index (χ1v) is 11.9. The zero-order valence-corrected chi connectivity index (χ0v) is 17.9. The number of hydrogen-bond acceptors (Lipinski definition) is 5. The molecule has 7 heteroatoms. The molecule has 0 radical (unpaired) electrons. The lowest BCUT2D eigenvalue weighted by atomic mass is 9.99.